The van der Waals surface area contributed by atoms with Crippen molar-refractivity contribution in [2.75, 3.05) is 79.1 Å². The monoisotopic (exact) mass is 1060 g/mol. The standard InChI is InChI=1S/C28H32ClFN4.C27H30F2N4O.C5H9F.C2H6/c1-19-7-2-3-8-22(19)20-9-15-34(16-10-20)26-23-17-21(33-13-4-5-14-33)18-24(29)25(23)31-27(32-26)28(30)11-6-12-28;1-34-23-7-3-2-6-20(23)18-8-14-33(15-9-18)25-21-16-19(32-12-4-5-13-32)17-22(28)24(21)30-26(31-25)27(29)10-11-27;1-5(6)3-2-4-5;1-2/h2-3,7-8,17-18,20H,4-6,9-16H2,1H3;2-3,6-7,16-18H,4-5,8-15H2,1H3;2-4H2,1H3;1-2H3. The van der Waals surface area contributed by atoms with Crippen LogP contribution in [0.1, 0.15) is 164 Å². The van der Waals surface area contributed by atoms with Gasteiger partial charge >= 0.3 is 0 Å². The Morgan fingerprint density at radius 1 is 0.539 bits per heavy atom. The quantitative estimate of drug-likeness (QED) is 0.132. The summed E-state index contributed by atoms with van der Waals surface area (Å²) < 4.78 is 63.7. The van der Waals surface area contributed by atoms with E-state index < -0.39 is 22.8 Å². The number of aromatic nitrogens is 4. The van der Waals surface area contributed by atoms with Gasteiger partial charge < -0.3 is 24.3 Å². The zero-order valence-corrected chi connectivity index (χ0v) is 46.2. The van der Waals surface area contributed by atoms with Gasteiger partial charge in [-0.2, -0.15) is 0 Å². The van der Waals surface area contributed by atoms with E-state index in [0.29, 0.717) is 65.1 Å². The predicted molar refractivity (Wildman–Crippen MR) is 303 cm³/mol. The van der Waals surface area contributed by atoms with E-state index in [-0.39, 0.29) is 11.3 Å². The van der Waals surface area contributed by atoms with Crippen molar-refractivity contribution in [1.29, 1.82) is 0 Å². The lowest BCUT2D eigenvalue weighted by Gasteiger charge is -2.36. The maximum Gasteiger partial charge on any atom is 0.170 e. The summed E-state index contributed by atoms with van der Waals surface area (Å²) >= 11 is 6.80. The summed E-state index contributed by atoms with van der Waals surface area (Å²) in [5, 5.41) is 2.24. The van der Waals surface area contributed by atoms with Crippen molar-refractivity contribution >= 4 is 56.4 Å². The molecule has 0 bridgehead atoms. The lowest BCUT2D eigenvalue weighted by Crippen LogP contribution is -2.36. The van der Waals surface area contributed by atoms with Crippen LogP contribution in [-0.2, 0) is 11.3 Å². The number of fused-ring (bicyclic) bond motifs is 2. The van der Waals surface area contributed by atoms with Crippen LogP contribution in [0.15, 0.2) is 72.8 Å². The molecule has 7 aliphatic rings. The normalized spacial score (nSPS) is 20.7. The Kier molecular flexibility index (Phi) is 16.2. The van der Waals surface area contributed by atoms with Crippen LogP contribution in [0.5, 0.6) is 5.75 Å². The molecule has 0 N–H and O–H groups in total. The molecule has 76 heavy (non-hydrogen) atoms. The van der Waals surface area contributed by atoms with Gasteiger partial charge in [-0.3, -0.25) is 0 Å². The second-order valence-electron chi connectivity index (χ2n) is 22.4. The van der Waals surface area contributed by atoms with E-state index in [1.54, 1.807) is 20.1 Å². The molecule has 4 aliphatic heterocycles. The lowest BCUT2D eigenvalue weighted by atomic mass is 9.81. The highest BCUT2D eigenvalue weighted by atomic mass is 35.5. The maximum atomic E-state index is 15.5. The Morgan fingerprint density at radius 3 is 1.46 bits per heavy atom. The van der Waals surface area contributed by atoms with Crippen molar-refractivity contribution in [1.82, 2.24) is 19.9 Å². The molecule has 0 spiro atoms. The zero-order chi connectivity index (χ0) is 53.2. The number of ether oxygens (including phenoxy) is 1. The first kappa shape index (κ1) is 53.9. The number of piperidine rings is 2. The van der Waals surface area contributed by atoms with Gasteiger partial charge in [-0.25, -0.2) is 37.5 Å². The number of para-hydroxylation sites is 1. The first-order chi connectivity index (χ1) is 36.8. The molecular weight excluding hydrogens is 984 g/mol. The number of aryl methyl sites for hydroxylation is 1. The van der Waals surface area contributed by atoms with Gasteiger partial charge in [0, 0.05) is 74.5 Å². The Bertz CT molecular complexity index is 2970. The van der Waals surface area contributed by atoms with Crippen LogP contribution in [0.4, 0.5) is 40.6 Å². The fourth-order valence-corrected chi connectivity index (χ4v) is 12.3. The van der Waals surface area contributed by atoms with Crippen LogP contribution in [0.3, 0.4) is 0 Å². The minimum Gasteiger partial charge on any atom is -0.496 e. The molecule has 406 valence electrons. The van der Waals surface area contributed by atoms with Crippen molar-refractivity contribution in [3.05, 3.63) is 112 Å². The molecule has 0 atom stereocenters. The summed E-state index contributed by atoms with van der Waals surface area (Å²) in [5.41, 5.74) is 3.24. The van der Waals surface area contributed by atoms with Crippen LogP contribution in [0.25, 0.3) is 21.8 Å². The molecule has 4 aromatic carbocycles. The number of nitrogens with zero attached hydrogens (tertiary/aromatic N) is 8. The van der Waals surface area contributed by atoms with Crippen LogP contribution in [-0.4, -0.2) is 85.1 Å². The van der Waals surface area contributed by atoms with Gasteiger partial charge in [0.15, 0.2) is 28.8 Å². The van der Waals surface area contributed by atoms with Gasteiger partial charge in [-0.15, -0.1) is 0 Å². The second-order valence-corrected chi connectivity index (χ2v) is 22.9. The third-order valence-electron chi connectivity index (χ3n) is 17.2. The summed E-state index contributed by atoms with van der Waals surface area (Å²) in [6.07, 6.45) is 14.0. The summed E-state index contributed by atoms with van der Waals surface area (Å²) in [5.74, 6) is 3.43. The maximum absolute atomic E-state index is 15.5. The summed E-state index contributed by atoms with van der Waals surface area (Å²) in [7, 11) is 1.71. The average Bonchev–Trinajstić information content (AvgIpc) is 3.77. The van der Waals surface area contributed by atoms with Crippen molar-refractivity contribution in [2.24, 2.45) is 0 Å². The summed E-state index contributed by atoms with van der Waals surface area (Å²) in [6, 6.07) is 24.6. The third kappa shape index (κ3) is 11.4. The molecule has 0 radical (unpaired) electrons. The molecule has 2 aromatic heterocycles. The lowest BCUT2D eigenvalue weighted by molar-refractivity contribution is 0.0512. The summed E-state index contributed by atoms with van der Waals surface area (Å²) in [4.78, 5) is 27.9. The Balaban J connectivity index is 0.000000151. The molecule has 6 heterocycles. The molecule has 3 saturated carbocycles. The van der Waals surface area contributed by atoms with Crippen molar-refractivity contribution in [3.8, 4) is 5.75 Å². The van der Waals surface area contributed by atoms with E-state index in [4.69, 9.17) is 31.3 Å². The number of alkyl halides is 3. The molecule has 0 unspecified atom stereocenters. The zero-order valence-electron chi connectivity index (χ0n) is 45.4. The van der Waals surface area contributed by atoms with E-state index >= 15 is 13.2 Å². The molecule has 0 amide bonds. The molecule has 7 fully saturated rings. The highest BCUT2D eigenvalue weighted by Crippen LogP contribution is 2.50. The van der Waals surface area contributed by atoms with Crippen LogP contribution < -0.4 is 24.3 Å². The molecule has 14 heteroatoms. The largest absolute Gasteiger partial charge is 0.496 e. The number of rotatable bonds is 9. The van der Waals surface area contributed by atoms with Gasteiger partial charge in [-0.05, 0) is 175 Å². The van der Waals surface area contributed by atoms with E-state index in [1.165, 1.54) is 29.5 Å². The molecule has 4 saturated heterocycles. The number of halogens is 5. The molecule has 3 aliphatic carbocycles. The van der Waals surface area contributed by atoms with Crippen LogP contribution >= 0.6 is 11.6 Å². The molecule has 9 nitrogen and oxygen atoms in total. The Hall–Kier alpha value is -5.43. The number of methoxy groups -OCH3 is 1. The van der Waals surface area contributed by atoms with Crippen LogP contribution in [0.2, 0.25) is 5.02 Å². The fraction of sp³-hybridized carbons (Fsp3) is 0.548. The average molecular weight is 1060 g/mol. The van der Waals surface area contributed by atoms with Gasteiger partial charge in [0.2, 0.25) is 0 Å². The van der Waals surface area contributed by atoms with E-state index in [9.17, 15) is 4.39 Å². The number of anilines is 4. The van der Waals surface area contributed by atoms with Gasteiger partial charge in [0.1, 0.15) is 28.6 Å². The molecule has 6 aromatic rings. The topological polar surface area (TPSA) is 73.8 Å². The molecular formula is C62H77ClF4N8O. The number of hydrogen-bond donors (Lipinski definition) is 0. The highest BCUT2D eigenvalue weighted by Gasteiger charge is 2.49. The van der Waals surface area contributed by atoms with Crippen molar-refractivity contribution < 1.29 is 22.3 Å². The van der Waals surface area contributed by atoms with Gasteiger partial charge in [0.05, 0.1) is 17.6 Å². The van der Waals surface area contributed by atoms with Crippen molar-refractivity contribution in [3.63, 3.8) is 0 Å². The first-order valence-corrected chi connectivity index (χ1v) is 28.9. The van der Waals surface area contributed by atoms with E-state index in [0.717, 1.165) is 145 Å². The fourth-order valence-electron chi connectivity index (χ4n) is 12.1. The number of benzene rings is 4. The minimum atomic E-state index is -1.52. The van der Waals surface area contributed by atoms with E-state index in [2.05, 4.69) is 67.9 Å². The van der Waals surface area contributed by atoms with Crippen molar-refractivity contribution in [2.45, 2.75) is 159 Å². The first-order valence-electron chi connectivity index (χ1n) is 28.6. The second kappa shape index (κ2) is 22.9. The number of hydrogen-bond acceptors (Lipinski definition) is 9. The van der Waals surface area contributed by atoms with Crippen LogP contribution in [0, 0.1) is 12.7 Å². The Morgan fingerprint density at radius 2 is 0.987 bits per heavy atom. The van der Waals surface area contributed by atoms with Gasteiger partial charge in [0.25, 0.3) is 0 Å². The highest BCUT2D eigenvalue weighted by molar-refractivity contribution is 6.35. The third-order valence-corrected chi connectivity index (χ3v) is 17.5. The SMILES string of the molecule is CC.CC1(F)CCC1.COc1ccccc1C1CCN(c2nc(C3(F)CC3)nc3c(F)cc(N4CCCC4)cc23)CC1.Cc1ccccc1C1CCN(c2nc(C3(F)CCC3)nc3c(Cl)cc(N4CCCC4)cc23)CC1. The summed E-state index contributed by atoms with van der Waals surface area (Å²) in [6.45, 7) is 15.1. The smallest absolute Gasteiger partial charge is 0.170 e. The predicted octanol–water partition coefficient (Wildman–Crippen LogP) is 15.6. The van der Waals surface area contributed by atoms with E-state index in [1.807, 2.05) is 44.2 Å². The minimum absolute atomic E-state index is 0.134. The van der Waals surface area contributed by atoms with Gasteiger partial charge in [-0.1, -0.05) is 67.9 Å². The molecule has 13 rings (SSSR count). The Labute approximate surface area is 452 Å².